The van der Waals surface area contributed by atoms with Gasteiger partial charge in [-0.3, -0.25) is 4.90 Å². The second-order valence-corrected chi connectivity index (χ2v) is 9.03. The zero-order valence-corrected chi connectivity index (χ0v) is 18.0. The van der Waals surface area contributed by atoms with E-state index in [-0.39, 0.29) is 12.4 Å². The van der Waals surface area contributed by atoms with Crippen LogP contribution in [0.3, 0.4) is 0 Å². The maximum absolute atomic E-state index is 2.66. The standard InChI is InChI=1S/C23H38N2.ClH/c1-4-5-8-15-24-16-18-25(19-17-24)22-10-7-6-9-21(22)20-11-13-23(2,3)14-12-20;/h6-7,9-10,20H,4-5,8,11-19H2,1-3H3;1H. The monoisotopic (exact) mass is 378 g/mol. The van der Waals surface area contributed by atoms with Gasteiger partial charge >= 0.3 is 0 Å². The van der Waals surface area contributed by atoms with Gasteiger partial charge in [0.15, 0.2) is 0 Å². The molecule has 0 radical (unpaired) electrons. The molecule has 148 valence electrons. The Bertz CT molecular complexity index is 525. The van der Waals surface area contributed by atoms with E-state index in [1.54, 1.807) is 5.56 Å². The van der Waals surface area contributed by atoms with Crippen molar-refractivity contribution in [2.45, 2.75) is 71.6 Å². The van der Waals surface area contributed by atoms with E-state index in [0.717, 1.165) is 5.92 Å². The molecule has 0 unspecified atom stereocenters. The van der Waals surface area contributed by atoms with E-state index in [1.807, 2.05) is 0 Å². The molecule has 3 rings (SSSR count). The zero-order valence-electron chi connectivity index (χ0n) is 17.2. The molecule has 1 aliphatic carbocycles. The van der Waals surface area contributed by atoms with Gasteiger partial charge in [-0.1, -0.05) is 51.8 Å². The third-order valence-corrected chi connectivity index (χ3v) is 6.51. The van der Waals surface area contributed by atoms with Crippen LogP contribution >= 0.6 is 12.4 Å². The van der Waals surface area contributed by atoms with Crippen LogP contribution in [-0.4, -0.2) is 37.6 Å². The van der Waals surface area contributed by atoms with E-state index >= 15 is 0 Å². The van der Waals surface area contributed by atoms with Crippen molar-refractivity contribution in [1.29, 1.82) is 0 Å². The van der Waals surface area contributed by atoms with Crippen LogP contribution in [-0.2, 0) is 0 Å². The summed E-state index contributed by atoms with van der Waals surface area (Å²) in [5.41, 5.74) is 3.70. The van der Waals surface area contributed by atoms with Gasteiger partial charge in [0.1, 0.15) is 0 Å². The highest BCUT2D eigenvalue weighted by atomic mass is 35.5. The largest absolute Gasteiger partial charge is 0.369 e. The molecule has 2 fully saturated rings. The fraction of sp³-hybridized carbons (Fsp3) is 0.739. The van der Waals surface area contributed by atoms with Crippen molar-refractivity contribution < 1.29 is 0 Å². The van der Waals surface area contributed by atoms with Gasteiger partial charge in [0.05, 0.1) is 0 Å². The summed E-state index contributed by atoms with van der Waals surface area (Å²) < 4.78 is 0. The van der Waals surface area contributed by atoms with Crippen molar-refractivity contribution in [2.24, 2.45) is 5.41 Å². The lowest BCUT2D eigenvalue weighted by Crippen LogP contribution is -2.47. The van der Waals surface area contributed by atoms with Crippen LogP contribution in [0.5, 0.6) is 0 Å². The molecular formula is C23H39ClN2. The summed E-state index contributed by atoms with van der Waals surface area (Å²) in [6, 6.07) is 9.27. The van der Waals surface area contributed by atoms with Gasteiger partial charge in [-0.25, -0.2) is 0 Å². The summed E-state index contributed by atoms with van der Waals surface area (Å²) in [6.07, 6.45) is 9.54. The van der Waals surface area contributed by atoms with Crippen LogP contribution in [0, 0.1) is 5.41 Å². The summed E-state index contributed by atoms with van der Waals surface area (Å²) in [4.78, 5) is 5.32. The van der Waals surface area contributed by atoms with Gasteiger partial charge < -0.3 is 4.90 Å². The number of benzene rings is 1. The minimum atomic E-state index is 0. The molecule has 2 nitrogen and oxygen atoms in total. The Kier molecular flexibility index (Phi) is 8.29. The topological polar surface area (TPSA) is 6.48 Å². The molecule has 0 bridgehead atoms. The molecule has 1 saturated heterocycles. The molecule has 0 spiro atoms. The average molecular weight is 379 g/mol. The molecule has 1 saturated carbocycles. The number of anilines is 1. The smallest absolute Gasteiger partial charge is 0.0402 e. The number of unbranched alkanes of at least 4 members (excludes halogenated alkanes) is 2. The molecule has 26 heavy (non-hydrogen) atoms. The van der Waals surface area contributed by atoms with E-state index in [2.05, 4.69) is 54.8 Å². The maximum atomic E-state index is 2.66. The van der Waals surface area contributed by atoms with Crippen molar-refractivity contribution in [3.63, 3.8) is 0 Å². The molecule has 0 aromatic heterocycles. The van der Waals surface area contributed by atoms with E-state index in [1.165, 1.54) is 83.4 Å². The summed E-state index contributed by atoms with van der Waals surface area (Å²) in [5, 5.41) is 0. The number of halogens is 1. The van der Waals surface area contributed by atoms with E-state index in [4.69, 9.17) is 0 Å². The molecular weight excluding hydrogens is 340 g/mol. The molecule has 1 aromatic rings. The van der Waals surface area contributed by atoms with Crippen LogP contribution in [0.25, 0.3) is 0 Å². The lowest BCUT2D eigenvalue weighted by Gasteiger charge is -2.39. The molecule has 2 aliphatic rings. The third kappa shape index (κ3) is 5.63. The molecule has 1 aromatic carbocycles. The first-order valence-corrected chi connectivity index (χ1v) is 10.7. The van der Waals surface area contributed by atoms with Crippen molar-refractivity contribution in [1.82, 2.24) is 4.90 Å². The minimum absolute atomic E-state index is 0. The van der Waals surface area contributed by atoms with E-state index < -0.39 is 0 Å². The lowest BCUT2D eigenvalue weighted by atomic mass is 9.71. The van der Waals surface area contributed by atoms with Crippen molar-refractivity contribution in [2.75, 3.05) is 37.6 Å². The first kappa shape index (κ1) is 21.6. The zero-order chi connectivity index (χ0) is 17.7. The van der Waals surface area contributed by atoms with E-state index in [0.29, 0.717) is 5.41 Å². The van der Waals surface area contributed by atoms with Crippen LogP contribution in [0.15, 0.2) is 24.3 Å². The maximum Gasteiger partial charge on any atom is 0.0402 e. The number of para-hydroxylation sites is 1. The second-order valence-electron chi connectivity index (χ2n) is 9.03. The number of piperazine rings is 1. The van der Waals surface area contributed by atoms with Gasteiger partial charge in [-0.05, 0) is 61.6 Å². The molecule has 1 aliphatic heterocycles. The predicted octanol–water partition coefficient (Wildman–Crippen LogP) is 6.10. The molecule has 3 heteroatoms. The molecule has 0 N–H and O–H groups in total. The van der Waals surface area contributed by atoms with Crippen molar-refractivity contribution >= 4 is 18.1 Å². The molecule has 0 atom stereocenters. The SMILES string of the molecule is CCCCCN1CCN(c2ccccc2C2CCC(C)(C)CC2)CC1.Cl. The third-order valence-electron chi connectivity index (χ3n) is 6.51. The first-order valence-electron chi connectivity index (χ1n) is 10.7. The Morgan fingerprint density at radius 1 is 0.962 bits per heavy atom. The number of rotatable bonds is 6. The second kappa shape index (κ2) is 9.99. The van der Waals surface area contributed by atoms with Crippen LogP contribution in [0.4, 0.5) is 5.69 Å². The number of hydrogen-bond acceptors (Lipinski definition) is 2. The summed E-state index contributed by atoms with van der Waals surface area (Å²) in [6.45, 7) is 13.3. The van der Waals surface area contributed by atoms with Gasteiger partial charge in [0.2, 0.25) is 0 Å². The Hall–Kier alpha value is -0.730. The average Bonchev–Trinajstić information content (AvgIpc) is 2.63. The van der Waals surface area contributed by atoms with Gasteiger partial charge in [-0.15, -0.1) is 12.4 Å². The van der Waals surface area contributed by atoms with Crippen LogP contribution in [0.1, 0.15) is 77.2 Å². The molecule has 0 amide bonds. The first-order chi connectivity index (χ1) is 12.1. The fourth-order valence-corrected chi connectivity index (χ4v) is 4.63. The fourth-order valence-electron chi connectivity index (χ4n) is 4.63. The highest BCUT2D eigenvalue weighted by Crippen LogP contribution is 2.44. The summed E-state index contributed by atoms with van der Waals surface area (Å²) >= 11 is 0. The minimum Gasteiger partial charge on any atom is -0.369 e. The van der Waals surface area contributed by atoms with Gasteiger partial charge in [0, 0.05) is 31.9 Å². The summed E-state index contributed by atoms with van der Waals surface area (Å²) in [5.74, 6) is 0.770. The van der Waals surface area contributed by atoms with Crippen molar-refractivity contribution in [3.8, 4) is 0 Å². The summed E-state index contributed by atoms with van der Waals surface area (Å²) in [7, 11) is 0. The Labute approximate surface area is 167 Å². The Morgan fingerprint density at radius 3 is 2.27 bits per heavy atom. The predicted molar refractivity (Wildman–Crippen MR) is 117 cm³/mol. The molecule has 1 heterocycles. The lowest BCUT2D eigenvalue weighted by molar-refractivity contribution is 0.224. The highest BCUT2D eigenvalue weighted by Gasteiger charge is 2.29. The number of nitrogens with zero attached hydrogens (tertiary/aromatic N) is 2. The van der Waals surface area contributed by atoms with Gasteiger partial charge in [-0.2, -0.15) is 0 Å². The van der Waals surface area contributed by atoms with Crippen molar-refractivity contribution in [3.05, 3.63) is 29.8 Å². The Morgan fingerprint density at radius 2 is 1.62 bits per heavy atom. The van der Waals surface area contributed by atoms with Crippen LogP contribution in [0.2, 0.25) is 0 Å². The Balaban J connectivity index is 0.00000243. The quantitative estimate of drug-likeness (QED) is 0.551. The highest BCUT2D eigenvalue weighted by molar-refractivity contribution is 5.85. The van der Waals surface area contributed by atoms with Crippen LogP contribution < -0.4 is 4.90 Å². The normalized spacial score (nSPS) is 21.4. The van der Waals surface area contributed by atoms with Gasteiger partial charge in [0.25, 0.3) is 0 Å². The van der Waals surface area contributed by atoms with E-state index in [9.17, 15) is 0 Å². The number of hydrogen-bond donors (Lipinski definition) is 0.